The van der Waals surface area contributed by atoms with E-state index in [1.54, 1.807) is 11.8 Å². The number of aryl methyl sites for hydroxylation is 1. The summed E-state index contributed by atoms with van der Waals surface area (Å²) in [6.45, 7) is 2.50. The number of aromatic nitrogens is 2. The third-order valence-corrected chi connectivity index (χ3v) is 4.66. The average molecular weight is 332 g/mol. The van der Waals surface area contributed by atoms with Crippen LogP contribution in [0.4, 0.5) is 0 Å². The van der Waals surface area contributed by atoms with Gasteiger partial charge in [0.15, 0.2) is 5.16 Å². The number of carbonyl (C=O) groups is 1. The zero-order valence-electron chi connectivity index (χ0n) is 14.3. The van der Waals surface area contributed by atoms with Crippen LogP contribution >= 0.6 is 11.8 Å². The highest BCUT2D eigenvalue weighted by Gasteiger charge is 2.24. The molecule has 1 atom stereocenters. The number of carbonyl (C=O) groups excluding carboxylic acids is 1. The quantitative estimate of drug-likeness (QED) is 0.825. The molecule has 0 saturated carbocycles. The number of benzene rings is 1. The van der Waals surface area contributed by atoms with E-state index in [-0.39, 0.29) is 11.9 Å². The van der Waals surface area contributed by atoms with Crippen LogP contribution in [0.15, 0.2) is 35.6 Å². The maximum atomic E-state index is 12.7. The summed E-state index contributed by atoms with van der Waals surface area (Å²) >= 11 is 1.59. The number of nitrogens with zero attached hydrogens (tertiary/aromatic N) is 3. The lowest BCUT2D eigenvalue weighted by molar-refractivity contribution is -0.126. The second-order valence-corrected chi connectivity index (χ2v) is 6.51. The van der Waals surface area contributed by atoms with Crippen LogP contribution in [-0.2, 0) is 18.4 Å². The molecule has 124 valence electrons. The van der Waals surface area contributed by atoms with E-state index in [2.05, 4.69) is 10.3 Å². The van der Waals surface area contributed by atoms with Gasteiger partial charge in [-0.25, -0.2) is 4.98 Å². The fraction of sp³-hybridized carbons (Fsp3) is 0.412. The molecule has 0 aliphatic heterocycles. The molecule has 1 N–H and O–H groups in total. The Labute approximate surface area is 142 Å². The standard InChI is InChI=1S/C17H24N4OS/c1-12-8-6-7-9-14(12)15(20(2)3)16(22)18-10-13-11-19-17(23-5)21(13)4/h6-9,11,15H,10H2,1-5H3,(H,18,22)/t15-/m1/s1. The number of likely N-dealkylation sites (N-methyl/N-ethyl adjacent to an activating group) is 1. The minimum absolute atomic E-state index is 0.00352. The van der Waals surface area contributed by atoms with Gasteiger partial charge in [-0.05, 0) is 38.4 Å². The number of imidazole rings is 1. The second kappa shape index (κ2) is 7.66. The van der Waals surface area contributed by atoms with Crippen molar-refractivity contribution in [2.75, 3.05) is 20.4 Å². The first-order valence-corrected chi connectivity index (χ1v) is 8.72. The van der Waals surface area contributed by atoms with Gasteiger partial charge in [0.25, 0.3) is 0 Å². The summed E-state index contributed by atoms with van der Waals surface area (Å²) in [5.74, 6) is -0.00352. The van der Waals surface area contributed by atoms with Crippen molar-refractivity contribution >= 4 is 17.7 Å². The molecule has 23 heavy (non-hydrogen) atoms. The van der Waals surface area contributed by atoms with Gasteiger partial charge in [0, 0.05) is 7.05 Å². The van der Waals surface area contributed by atoms with Gasteiger partial charge >= 0.3 is 0 Å². The SMILES string of the molecule is CSc1ncc(CNC(=O)[C@@H](c2ccccc2C)N(C)C)n1C. The van der Waals surface area contributed by atoms with E-state index in [0.29, 0.717) is 6.54 Å². The molecule has 0 radical (unpaired) electrons. The molecule has 1 aromatic heterocycles. The molecule has 1 aromatic carbocycles. The minimum Gasteiger partial charge on any atom is -0.349 e. The van der Waals surface area contributed by atoms with Crippen molar-refractivity contribution in [2.24, 2.45) is 7.05 Å². The predicted octanol–water partition coefficient (Wildman–Crippen LogP) is 2.37. The predicted molar refractivity (Wildman–Crippen MR) is 94.4 cm³/mol. The number of amides is 1. The summed E-state index contributed by atoms with van der Waals surface area (Å²) in [6.07, 6.45) is 3.80. The molecule has 2 aromatic rings. The van der Waals surface area contributed by atoms with Crippen molar-refractivity contribution < 1.29 is 4.79 Å². The van der Waals surface area contributed by atoms with Crippen molar-refractivity contribution in [1.29, 1.82) is 0 Å². The van der Waals surface area contributed by atoms with Crippen LogP contribution in [0.1, 0.15) is 22.9 Å². The molecule has 5 nitrogen and oxygen atoms in total. The van der Waals surface area contributed by atoms with E-state index >= 15 is 0 Å². The Morgan fingerprint density at radius 3 is 2.65 bits per heavy atom. The van der Waals surface area contributed by atoms with Crippen LogP contribution in [0, 0.1) is 6.92 Å². The monoisotopic (exact) mass is 332 g/mol. The molecule has 0 fully saturated rings. The van der Waals surface area contributed by atoms with E-state index < -0.39 is 0 Å². The third-order valence-electron chi connectivity index (χ3n) is 3.92. The fourth-order valence-corrected chi connectivity index (χ4v) is 3.15. The Bertz CT molecular complexity index is 681. The maximum absolute atomic E-state index is 12.7. The number of rotatable bonds is 6. The molecular formula is C17H24N4OS. The highest BCUT2D eigenvalue weighted by atomic mass is 32.2. The molecule has 2 rings (SSSR count). The highest BCUT2D eigenvalue weighted by Crippen LogP contribution is 2.22. The Kier molecular flexibility index (Phi) is 5.85. The summed E-state index contributed by atoms with van der Waals surface area (Å²) in [5, 5.41) is 3.98. The zero-order chi connectivity index (χ0) is 17.0. The van der Waals surface area contributed by atoms with Gasteiger partial charge in [-0.3, -0.25) is 9.69 Å². The number of hydrogen-bond donors (Lipinski definition) is 1. The summed E-state index contributed by atoms with van der Waals surface area (Å²) in [6, 6.07) is 7.70. The van der Waals surface area contributed by atoms with Crippen molar-refractivity contribution in [3.63, 3.8) is 0 Å². The summed E-state index contributed by atoms with van der Waals surface area (Å²) in [5.41, 5.74) is 3.14. The largest absolute Gasteiger partial charge is 0.349 e. The van der Waals surface area contributed by atoms with Crippen molar-refractivity contribution in [1.82, 2.24) is 19.8 Å². The molecule has 0 unspecified atom stereocenters. The van der Waals surface area contributed by atoms with Gasteiger partial charge in [0.1, 0.15) is 6.04 Å². The first kappa shape index (κ1) is 17.6. The molecule has 6 heteroatoms. The van der Waals surface area contributed by atoms with Crippen LogP contribution in [0.5, 0.6) is 0 Å². The Balaban J connectivity index is 2.13. The second-order valence-electron chi connectivity index (χ2n) is 5.74. The van der Waals surface area contributed by atoms with Crippen molar-refractivity contribution in [2.45, 2.75) is 24.7 Å². The molecule has 0 bridgehead atoms. The zero-order valence-corrected chi connectivity index (χ0v) is 15.1. The molecule has 0 aliphatic rings. The lowest BCUT2D eigenvalue weighted by atomic mass is 10.00. The summed E-state index contributed by atoms with van der Waals surface area (Å²) in [7, 11) is 5.81. The van der Waals surface area contributed by atoms with Crippen LogP contribution in [-0.4, -0.2) is 40.7 Å². The molecular weight excluding hydrogens is 308 g/mol. The first-order chi connectivity index (χ1) is 11.0. The van der Waals surface area contributed by atoms with E-state index in [0.717, 1.165) is 22.0 Å². The van der Waals surface area contributed by atoms with E-state index in [4.69, 9.17) is 0 Å². The van der Waals surface area contributed by atoms with Gasteiger partial charge in [0.2, 0.25) is 5.91 Å². The minimum atomic E-state index is -0.301. The molecule has 0 aliphatic carbocycles. The smallest absolute Gasteiger partial charge is 0.242 e. The van der Waals surface area contributed by atoms with Crippen LogP contribution in [0.25, 0.3) is 0 Å². The lowest BCUT2D eigenvalue weighted by Crippen LogP contribution is -2.37. The molecule has 1 amide bonds. The van der Waals surface area contributed by atoms with Crippen molar-refractivity contribution in [3.8, 4) is 0 Å². The van der Waals surface area contributed by atoms with Crippen molar-refractivity contribution in [3.05, 3.63) is 47.3 Å². The average Bonchev–Trinajstić information content (AvgIpc) is 2.87. The maximum Gasteiger partial charge on any atom is 0.242 e. The van der Waals surface area contributed by atoms with Gasteiger partial charge in [-0.15, -0.1) is 0 Å². The number of hydrogen-bond acceptors (Lipinski definition) is 4. The first-order valence-electron chi connectivity index (χ1n) is 7.50. The summed E-state index contributed by atoms with van der Waals surface area (Å²) < 4.78 is 2.00. The molecule has 0 spiro atoms. The topological polar surface area (TPSA) is 50.2 Å². The molecule has 0 saturated heterocycles. The Morgan fingerprint density at radius 2 is 2.09 bits per heavy atom. The van der Waals surface area contributed by atoms with Gasteiger partial charge in [-0.1, -0.05) is 36.0 Å². The van der Waals surface area contributed by atoms with Crippen LogP contribution < -0.4 is 5.32 Å². The van der Waals surface area contributed by atoms with Gasteiger partial charge in [0.05, 0.1) is 18.4 Å². The van der Waals surface area contributed by atoms with Gasteiger partial charge < -0.3 is 9.88 Å². The van der Waals surface area contributed by atoms with Gasteiger partial charge in [-0.2, -0.15) is 0 Å². The molecule has 1 heterocycles. The summed E-state index contributed by atoms with van der Waals surface area (Å²) in [4.78, 5) is 19.0. The number of nitrogens with one attached hydrogen (secondary N) is 1. The number of thioether (sulfide) groups is 1. The van der Waals surface area contributed by atoms with Crippen LogP contribution in [0.3, 0.4) is 0 Å². The lowest BCUT2D eigenvalue weighted by Gasteiger charge is -2.25. The third kappa shape index (κ3) is 3.95. The van der Waals surface area contributed by atoms with E-state index in [9.17, 15) is 4.79 Å². The Hall–Kier alpha value is -1.79. The fourth-order valence-electron chi connectivity index (χ4n) is 2.60. The van der Waals surface area contributed by atoms with E-state index in [1.165, 1.54) is 0 Å². The normalized spacial score (nSPS) is 12.4. The van der Waals surface area contributed by atoms with E-state index in [1.807, 2.05) is 74.3 Å². The van der Waals surface area contributed by atoms with Crippen LogP contribution in [0.2, 0.25) is 0 Å². The highest BCUT2D eigenvalue weighted by molar-refractivity contribution is 7.98. The Morgan fingerprint density at radius 1 is 1.39 bits per heavy atom.